The van der Waals surface area contributed by atoms with Gasteiger partial charge in [-0.3, -0.25) is 9.59 Å². The maximum Gasteiger partial charge on any atom is 0.183 e. The highest BCUT2D eigenvalue weighted by molar-refractivity contribution is 5.99. The summed E-state index contributed by atoms with van der Waals surface area (Å²) in [5, 5.41) is 0. The van der Waals surface area contributed by atoms with E-state index in [2.05, 4.69) is 30.8 Å². The number of carbonyl (C=O) groups excluding carboxylic acids is 2. The largest absolute Gasteiger partial charge is 0.359 e. The van der Waals surface area contributed by atoms with Gasteiger partial charge < -0.3 is 4.90 Å². The molecule has 28 heavy (non-hydrogen) atoms. The molecule has 0 radical (unpaired) electrons. The molecule has 0 N–H and O–H groups in total. The molecule has 1 saturated heterocycles. The van der Waals surface area contributed by atoms with Gasteiger partial charge in [-0.15, -0.1) is 0 Å². The fraction of sp³-hybridized carbons (Fsp3) is 0.600. The number of hydrogen-bond donors (Lipinski definition) is 0. The highest BCUT2D eigenvalue weighted by Crippen LogP contribution is 2.30. The van der Waals surface area contributed by atoms with Gasteiger partial charge in [0, 0.05) is 18.4 Å². The zero-order valence-electron chi connectivity index (χ0n) is 18.0. The van der Waals surface area contributed by atoms with Crippen molar-refractivity contribution >= 4 is 11.6 Å². The Labute approximate surface area is 171 Å². The summed E-state index contributed by atoms with van der Waals surface area (Å²) in [4.78, 5) is 27.7. The van der Waals surface area contributed by atoms with Gasteiger partial charge in [-0.1, -0.05) is 64.1 Å². The molecule has 0 spiro atoms. The quantitative estimate of drug-likeness (QED) is 0.361. The van der Waals surface area contributed by atoms with Crippen molar-refractivity contribution in [2.24, 2.45) is 5.41 Å². The van der Waals surface area contributed by atoms with Crippen molar-refractivity contribution in [3.05, 3.63) is 48.2 Å². The SMILES string of the molecule is C=C(C(=O)C(C)(C)CC)N1CCCCC1C(=O)CCCCCc1ccccc1. The van der Waals surface area contributed by atoms with Crippen molar-refractivity contribution in [3.63, 3.8) is 0 Å². The Morgan fingerprint density at radius 2 is 1.82 bits per heavy atom. The zero-order chi connectivity index (χ0) is 20.6. The van der Waals surface area contributed by atoms with E-state index in [4.69, 9.17) is 0 Å². The molecule has 1 atom stereocenters. The Morgan fingerprint density at radius 1 is 1.11 bits per heavy atom. The highest BCUT2D eigenvalue weighted by Gasteiger charge is 2.35. The van der Waals surface area contributed by atoms with Crippen molar-refractivity contribution in [2.45, 2.75) is 84.6 Å². The lowest BCUT2D eigenvalue weighted by atomic mass is 9.82. The number of Topliss-reactive ketones (excluding diaryl/α,β-unsaturated/α-hetero) is 2. The number of benzene rings is 1. The van der Waals surface area contributed by atoms with Crippen LogP contribution in [0, 0.1) is 5.41 Å². The monoisotopic (exact) mass is 383 g/mol. The van der Waals surface area contributed by atoms with Gasteiger partial charge in [0.05, 0.1) is 11.7 Å². The molecule has 3 heteroatoms. The lowest BCUT2D eigenvalue weighted by molar-refractivity contribution is -0.128. The molecular weight excluding hydrogens is 346 g/mol. The Kier molecular flexibility index (Phi) is 8.47. The third-order valence-electron chi connectivity index (χ3n) is 6.21. The summed E-state index contributed by atoms with van der Waals surface area (Å²) in [6, 6.07) is 10.3. The first-order valence-electron chi connectivity index (χ1n) is 10.9. The van der Waals surface area contributed by atoms with E-state index >= 15 is 0 Å². The number of aryl methyl sites for hydroxylation is 1. The lowest BCUT2D eigenvalue weighted by Gasteiger charge is -2.39. The van der Waals surface area contributed by atoms with Crippen LogP contribution in [0.25, 0.3) is 0 Å². The highest BCUT2D eigenvalue weighted by atomic mass is 16.1. The molecule has 0 amide bonds. The first-order valence-corrected chi connectivity index (χ1v) is 10.9. The van der Waals surface area contributed by atoms with Crippen LogP contribution in [-0.2, 0) is 16.0 Å². The second kappa shape index (κ2) is 10.6. The van der Waals surface area contributed by atoms with Gasteiger partial charge in [-0.25, -0.2) is 0 Å². The summed E-state index contributed by atoms with van der Waals surface area (Å²) < 4.78 is 0. The van der Waals surface area contributed by atoms with E-state index in [-0.39, 0.29) is 17.6 Å². The average Bonchev–Trinajstić information content (AvgIpc) is 2.73. The van der Waals surface area contributed by atoms with Crippen LogP contribution in [0.15, 0.2) is 42.6 Å². The number of ketones is 2. The standard InChI is InChI=1S/C25H37NO2/c1-5-25(3,4)24(28)20(2)26-19-13-12-17-22(26)23(27)18-11-7-10-16-21-14-8-6-9-15-21/h6,8-9,14-15,22H,2,5,7,10-13,16-19H2,1,3-4H3. The summed E-state index contributed by atoms with van der Waals surface area (Å²) in [6.45, 7) is 10.8. The van der Waals surface area contributed by atoms with Gasteiger partial charge in [-0.2, -0.15) is 0 Å². The van der Waals surface area contributed by atoms with Gasteiger partial charge in [0.25, 0.3) is 0 Å². The third-order valence-corrected chi connectivity index (χ3v) is 6.21. The van der Waals surface area contributed by atoms with Crippen LogP contribution < -0.4 is 0 Å². The predicted molar refractivity (Wildman–Crippen MR) is 116 cm³/mol. The fourth-order valence-electron chi connectivity index (χ4n) is 3.89. The first-order chi connectivity index (χ1) is 13.4. The van der Waals surface area contributed by atoms with Crippen LogP contribution in [0.1, 0.15) is 77.7 Å². The van der Waals surface area contributed by atoms with Gasteiger partial charge in [0.1, 0.15) is 0 Å². The summed E-state index contributed by atoms with van der Waals surface area (Å²) >= 11 is 0. The number of likely N-dealkylation sites (tertiary alicyclic amines) is 1. The summed E-state index contributed by atoms with van der Waals surface area (Å²) in [5.41, 5.74) is 1.48. The topological polar surface area (TPSA) is 37.4 Å². The van der Waals surface area contributed by atoms with Crippen molar-refractivity contribution < 1.29 is 9.59 Å². The molecule has 1 fully saturated rings. The molecule has 0 bridgehead atoms. The van der Waals surface area contributed by atoms with E-state index in [0.717, 1.165) is 57.9 Å². The molecule has 154 valence electrons. The zero-order valence-corrected chi connectivity index (χ0v) is 18.0. The Morgan fingerprint density at radius 3 is 2.50 bits per heavy atom. The normalized spacial score (nSPS) is 17.4. The molecule has 1 aromatic carbocycles. The molecule has 1 aliphatic heterocycles. The number of nitrogens with zero attached hydrogens (tertiary/aromatic N) is 1. The van der Waals surface area contributed by atoms with Crippen LogP contribution in [0.2, 0.25) is 0 Å². The Balaban J connectivity index is 1.84. The maximum atomic E-state index is 12.9. The van der Waals surface area contributed by atoms with Crippen molar-refractivity contribution in [1.82, 2.24) is 4.90 Å². The van der Waals surface area contributed by atoms with Crippen molar-refractivity contribution in [1.29, 1.82) is 0 Å². The summed E-state index contributed by atoms with van der Waals surface area (Å²) in [5.74, 6) is 0.361. The van der Waals surface area contributed by atoms with E-state index in [0.29, 0.717) is 12.1 Å². The Bertz CT molecular complexity index is 662. The molecule has 0 aromatic heterocycles. The van der Waals surface area contributed by atoms with E-state index in [1.54, 1.807) is 0 Å². The van der Waals surface area contributed by atoms with Gasteiger partial charge in [-0.05, 0) is 50.5 Å². The molecule has 2 rings (SSSR count). The lowest BCUT2D eigenvalue weighted by Crippen LogP contribution is -2.47. The van der Waals surface area contributed by atoms with Gasteiger partial charge >= 0.3 is 0 Å². The van der Waals surface area contributed by atoms with E-state index < -0.39 is 5.41 Å². The summed E-state index contributed by atoms with van der Waals surface area (Å²) in [7, 11) is 0. The molecule has 0 saturated carbocycles. The van der Waals surface area contributed by atoms with Crippen LogP contribution in [0.5, 0.6) is 0 Å². The number of rotatable bonds is 11. The second-order valence-corrected chi connectivity index (χ2v) is 8.73. The van der Waals surface area contributed by atoms with Crippen LogP contribution >= 0.6 is 0 Å². The average molecular weight is 384 g/mol. The smallest absolute Gasteiger partial charge is 0.183 e. The van der Waals surface area contributed by atoms with Crippen LogP contribution in [-0.4, -0.2) is 29.1 Å². The molecular formula is C25H37NO2. The van der Waals surface area contributed by atoms with E-state index in [1.165, 1.54) is 5.56 Å². The van der Waals surface area contributed by atoms with Crippen LogP contribution in [0.4, 0.5) is 0 Å². The molecule has 3 nitrogen and oxygen atoms in total. The number of piperidine rings is 1. The van der Waals surface area contributed by atoms with Crippen molar-refractivity contribution in [3.8, 4) is 0 Å². The predicted octanol–water partition coefficient (Wildman–Crippen LogP) is 5.73. The van der Waals surface area contributed by atoms with Crippen LogP contribution in [0.3, 0.4) is 0 Å². The number of allylic oxidation sites excluding steroid dienone is 1. The third kappa shape index (κ3) is 6.05. The minimum absolute atomic E-state index is 0.0811. The fourth-order valence-corrected chi connectivity index (χ4v) is 3.89. The van der Waals surface area contributed by atoms with E-state index in [1.807, 2.05) is 31.7 Å². The minimum atomic E-state index is -0.417. The molecule has 1 heterocycles. The summed E-state index contributed by atoms with van der Waals surface area (Å²) in [6.07, 6.45) is 8.49. The molecule has 0 aliphatic carbocycles. The Hall–Kier alpha value is -1.90. The molecule has 1 unspecified atom stereocenters. The van der Waals surface area contributed by atoms with Gasteiger partial charge in [0.15, 0.2) is 11.6 Å². The maximum absolute atomic E-state index is 12.9. The van der Waals surface area contributed by atoms with E-state index in [9.17, 15) is 9.59 Å². The minimum Gasteiger partial charge on any atom is -0.359 e. The van der Waals surface area contributed by atoms with Gasteiger partial charge in [0.2, 0.25) is 0 Å². The second-order valence-electron chi connectivity index (χ2n) is 8.73. The number of carbonyl (C=O) groups is 2. The number of hydrogen-bond acceptors (Lipinski definition) is 3. The first kappa shape index (κ1) is 22.4. The number of unbranched alkanes of at least 4 members (excludes halogenated alkanes) is 2. The van der Waals surface area contributed by atoms with Crippen molar-refractivity contribution in [2.75, 3.05) is 6.54 Å². The molecule has 1 aromatic rings. The molecule has 1 aliphatic rings.